The topological polar surface area (TPSA) is 129 Å². The molecule has 3 aromatic heterocycles. The summed E-state index contributed by atoms with van der Waals surface area (Å²) in [5, 5.41) is 0. The zero-order valence-corrected chi connectivity index (χ0v) is 33.2. The quantitative estimate of drug-likeness (QED) is 0.0685. The molecular weight excluding hydrogens is 984 g/mol. The molecule has 27 heteroatoms. The molecule has 0 saturated carbocycles. The normalized spacial score (nSPS) is 13.1. The molecule has 0 aliphatic carbocycles. The van der Waals surface area contributed by atoms with E-state index in [0.29, 0.717) is 24.3 Å². The van der Waals surface area contributed by atoms with Crippen molar-refractivity contribution in [2.24, 2.45) is 0 Å². The Balaban J connectivity index is 1.77. The number of hydrogen-bond donors (Lipinski definition) is 3. The van der Waals surface area contributed by atoms with Gasteiger partial charge in [0.2, 0.25) is 17.5 Å². The molecule has 334 valence electrons. The molecule has 2 aliphatic heterocycles. The molecular formula is C37H11Cl2F15N4O4S2. The first kappa shape index (κ1) is 44.7. The Hall–Kier alpha value is -5.92. The third-order valence-electron chi connectivity index (χ3n) is 9.94. The average molecular weight is 996 g/mol. The van der Waals surface area contributed by atoms with Crippen molar-refractivity contribution < 1.29 is 82.7 Å². The highest BCUT2D eigenvalue weighted by molar-refractivity contribution is 8.14. The highest BCUT2D eigenvalue weighted by Gasteiger charge is 2.36. The van der Waals surface area contributed by atoms with Gasteiger partial charge in [-0.2, -0.15) is 0 Å². The molecule has 3 aromatic carbocycles. The molecule has 8 bridgehead atoms. The van der Waals surface area contributed by atoms with Crippen LogP contribution in [0.5, 0.6) is 0 Å². The molecule has 2 aliphatic rings. The fourth-order valence-corrected chi connectivity index (χ4v) is 9.25. The van der Waals surface area contributed by atoms with E-state index in [1.165, 1.54) is 0 Å². The van der Waals surface area contributed by atoms with Crippen LogP contribution < -0.4 is 0 Å². The van der Waals surface area contributed by atoms with Gasteiger partial charge >= 0.3 is 0 Å². The third kappa shape index (κ3) is 6.64. The van der Waals surface area contributed by atoms with Gasteiger partial charge in [0.25, 0.3) is 18.1 Å². The van der Waals surface area contributed by atoms with Crippen molar-refractivity contribution in [2.45, 2.75) is 22.6 Å². The second-order valence-corrected chi connectivity index (χ2v) is 18.5. The van der Waals surface area contributed by atoms with Crippen molar-refractivity contribution in [3.8, 4) is 33.4 Å². The van der Waals surface area contributed by atoms with E-state index in [4.69, 9.17) is 21.4 Å². The van der Waals surface area contributed by atoms with Crippen molar-refractivity contribution in [1.29, 1.82) is 0 Å². The molecule has 0 spiro atoms. The van der Waals surface area contributed by atoms with Gasteiger partial charge in [-0.05, 0) is 37.1 Å². The van der Waals surface area contributed by atoms with E-state index in [2.05, 4.69) is 19.9 Å². The molecule has 64 heavy (non-hydrogen) atoms. The number of rotatable bonds is 5. The molecule has 0 amide bonds. The van der Waals surface area contributed by atoms with Gasteiger partial charge < -0.3 is 15.0 Å². The van der Waals surface area contributed by atoms with E-state index in [-0.39, 0.29) is 0 Å². The van der Waals surface area contributed by atoms with Gasteiger partial charge in [0.05, 0.1) is 50.1 Å². The summed E-state index contributed by atoms with van der Waals surface area (Å²) in [6.07, 6.45) is -0.503. The van der Waals surface area contributed by atoms with Crippen molar-refractivity contribution >= 4 is 73.7 Å². The number of fused-ring (bicyclic) bond motifs is 9. The Morgan fingerprint density at radius 1 is 0.391 bits per heavy atom. The van der Waals surface area contributed by atoms with E-state index in [1.807, 2.05) is 0 Å². The first-order valence-electron chi connectivity index (χ1n) is 16.9. The smallest absolute Gasteiger partial charge is 0.263 e. The first-order chi connectivity index (χ1) is 29.8. The second kappa shape index (κ2) is 15.1. The molecule has 6 aromatic rings. The highest BCUT2D eigenvalue weighted by Crippen LogP contribution is 2.45. The minimum absolute atomic E-state index is 0.428. The van der Waals surface area contributed by atoms with E-state index in [1.54, 1.807) is 0 Å². The summed E-state index contributed by atoms with van der Waals surface area (Å²) in [5.74, 6) is -39.8. The molecule has 8 nitrogen and oxygen atoms in total. The molecule has 0 unspecified atom stereocenters. The summed E-state index contributed by atoms with van der Waals surface area (Å²) in [4.78, 5) is 7.98. The van der Waals surface area contributed by atoms with Gasteiger partial charge in [-0.3, -0.25) is 0 Å². The number of hydrogen-bond acceptors (Lipinski definition) is 5. The Morgan fingerprint density at radius 2 is 0.672 bits per heavy atom. The van der Waals surface area contributed by atoms with Crippen molar-refractivity contribution in [2.75, 3.05) is 0 Å². The number of aromatic nitrogens is 4. The maximum atomic E-state index is 15.8. The highest BCUT2D eigenvalue weighted by atomic mass is 35.7. The van der Waals surface area contributed by atoms with E-state index >= 15 is 26.3 Å². The monoisotopic (exact) mass is 994 g/mol. The van der Waals surface area contributed by atoms with Gasteiger partial charge in [0, 0.05) is 49.4 Å². The first-order valence-corrected chi connectivity index (χ1v) is 21.6. The second-order valence-electron chi connectivity index (χ2n) is 13.5. The largest absolute Gasteiger partial charge is 0.361 e. The van der Waals surface area contributed by atoms with Crippen LogP contribution in [0.25, 0.3) is 67.6 Å². The summed E-state index contributed by atoms with van der Waals surface area (Å²) in [6.45, 7) is 0. The number of H-pyrrole nitrogens is 3. The molecule has 3 N–H and O–H groups in total. The zero-order chi connectivity index (χ0) is 47.0. The van der Waals surface area contributed by atoms with Crippen LogP contribution in [0, 0.1) is 87.3 Å². The van der Waals surface area contributed by atoms with Crippen LogP contribution in [0.4, 0.5) is 65.9 Å². The SMILES string of the molecule is O=S(=O)(Cl)c1cc2[nH]c1c(-c1c(F)c(F)c(F)c(F)c1F)c1nc(c(-c3c(F)c(F)c(F)c(F)c3F)c3[nH]c(c(-c4c(F)c(F)c(F)c(F)c4F)c4[nH]c2cc4S(=O)(=O)Cl)CC3)C=C1. The van der Waals surface area contributed by atoms with Crippen LogP contribution in [0.3, 0.4) is 0 Å². The molecule has 0 saturated heterocycles. The summed E-state index contributed by atoms with van der Waals surface area (Å²) >= 11 is 0. The Bertz CT molecular complexity index is 3500. The van der Waals surface area contributed by atoms with E-state index < -0.39 is 206 Å². The van der Waals surface area contributed by atoms with Gasteiger partial charge in [-0.1, -0.05) is 0 Å². The standard InChI is InChI=1S/C37H11Cl2F15N4O4S2/c38-63(59,60)13-5-11-12-6-14(64(39,61)62)37(58-12)17(20-25(44)31(50)35(54)32(51)26(20)45)10-4-2-8(56-10)15(18-21(40)27(46)33(52)28(47)22(18)41)7-1-3-9(55-7)16(36(13)57-11)19-23(42)29(48)34(53)30(49)24(19)43/h1,3,5-6,56-58H,2,4H2. The lowest BCUT2D eigenvalue weighted by Crippen LogP contribution is -2.07. The summed E-state index contributed by atoms with van der Waals surface area (Å²) in [5.41, 5.74) is -17.7. The molecule has 0 fully saturated rings. The fraction of sp³-hybridized carbons (Fsp3) is 0.0541. The molecule has 8 rings (SSSR count). The van der Waals surface area contributed by atoms with Crippen LogP contribution in [0.15, 0.2) is 21.9 Å². The molecule has 5 heterocycles. The van der Waals surface area contributed by atoms with Gasteiger partial charge in [0.15, 0.2) is 69.8 Å². The van der Waals surface area contributed by atoms with Crippen molar-refractivity contribution in [1.82, 2.24) is 19.9 Å². The zero-order valence-electron chi connectivity index (χ0n) is 30.0. The van der Waals surface area contributed by atoms with E-state index in [0.717, 1.165) is 0 Å². The van der Waals surface area contributed by atoms with Crippen molar-refractivity contribution in [3.05, 3.63) is 122 Å². The van der Waals surface area contributed by atoms with E-state index in [9.17, 15) is 56.3 Å². The third-order valence-corrected chi connectivity index (χ3v) is 12.6. The van der Waals surface area contributed by atoms with Crippen LogP contribution in [-0.2, 0) is 30.9 Å². The molecule has 0 atom stereocenters. The summed E-state index contributed by atoms with van der Waals surface area (Å²) in [7, 11) is 0.627. The Kier molecular flexibility index (Phi) is 10.5. The van der Waals surface area contributed by atoms with Crippen LogP contribution in [0.1, 0.15) is 22.8 Å². The number of aryl methyl sites for hydroxylation is 2. The lowest BCUT2D eigenvalue weighted by molar-refractivity contribution is 0.381. The number of halogens is 17. The van der Waals surface area contributed by atoms with Crippen LogP contribution in [-0.4, -0.2) is 36.8 Å². The summed E-state index contributed by atoms with van der Waals surface area (Å²) in [6, 6.07) is 0.871. The van der Waals surface area contributed by atoms with Crippen LogP contribution in [0.2, 0.25) is 0 Å². The van der Waals surface area contributed by atoms with Gasteiger partial charge in [-0.25, -0.2) is 87.7 Å². The maximum Gasteiger partial charge on any atom is 0.263 e. The predicted octanol–water partition coefficient (Wildman–Crippen LogP) is 11.1. The average Bonchev–Trinajstić information content (AvgIpc) is 4.07. The number of benzene rings is 3. The predicted molar refractivity (Wildman–Crippen MR) is 196 cm³/mol. The fourth-order valence-electron chi connectivity index (χ4n) is 7.20. The molecule has 0 radical (unpaired) electrons. The summed E-state index contributed by atoms with van der Waals surface area (Å²) < 4.78 is 280. The Morgan fingerprint density at radius 3 is 1.03 bits per heavy atom. The lowest BCUT2D eigenvalue weighted by atomic mass is 9.98. The minimum Gasteiger partial charge on any atom is -0.361 e. The van der Waals surface area contributed by atoms with Crippen LogP contribution >= 0.6 is 21.4 Å². The number of nitrogens with zero attached hydrogens (tertiary/aromatic N) is 1. The van der Waals surface area contributed by atoms with Gasteiger partial charge in [-0.15, -0.1) is 0 Å². The minimum atomic E-state index is -5.37. The maximum absolute atomic E-state index is 15.8. The van der Waals surface area contributed by atoms with Gasteiger partial charge in [0.1, 0.15) is 9.79 Å². The Labute approximate surface area is 353 Å². The van der Waals surface area contributed by atoms with Crippen molar-refractivity contribution in [3.63, 3.8) is 0 Å². The number of aromatic amines is 3. The number of nitrogens with one attached hydrogen (secondary N) is 3. The lowest BCUT2D eigenvalue weighted by Gasteiger charge is -2.12.